The average Bonchev–Trinajstić information content (AvgIpc) is 1.99. The highest BCUT2D eigenvalue weighted by molar-refractivity contribution is 6.30. The van der Waals surface area contributed by atoms with Gasteiger partial charge in [0.2, 0.25) is 0 Å². The summed E-state index contributed by atoms with van der Waals surface area (Å²) < 4.78 is 0. The van der Waals surface area contributed by atoms with E-state index in [1.54, 1.807) is 0 Å². The molecule has 0 atom stereocenters. The van der Waals surface area contributed by atoms with Gasteiger partial charge in [-0.3, -0.25) is 0 Å². The topological polar surface area (TPSA) is 12.4 Å². The van der Waals surface area contributed by atoms with Crippen LogP contribution in [0.25, 0.3) is 0 Å². The third kappa shape index (κ3) is 6.17. The maximum absolute atomic E-state index is 5.81. The molecule has 0 heterocycles. The Bertz CT molecular complexity index is 220. The number of hydrogen-bond donors (Lipinski definition) is 0. The fraction of sp³-hybridized carbons (Fsp3) is 0.500. The van der Waals surface area contributed by atoms with E-state index in [2.05, 4.69) is 18.8 Å². The van der Waals surface area contributed by atoms with Gasteiger partial charge in [-0.1, -0.05) is 30.2 Å². The molecule has 0 spiro atoms. The summed E-state index contributed by atoms with van der Waals surface area (Å²) in [6.45, 7) is 8.03. The highest BCUT2D eigenvalue weighted by Gasteiger charge is 1.85. The molecule has 1 nitrogen and oxygen atoms in total. The van der Waals surface area contributed by atoms with Gasteiger partial charge in [-0.05, 0) is 33.3 Å². The van der Waals surface area contributed by atoms with Crippen LogP contribution < -0.4 is 0 Å². The lowest BCUT2D eigenvalue weighted by molar-refractivity contribution is 1.10. The van der Waals surface area contributed by atoms with Gasteiger partial charge < -0.3 is 0 Å². The van der Waals surface area contributed by atoms with Gasteiger partial charge in [0.05, 0.1) is 0 Å². The van der Waals surface area contributed by atoms with Crippen LogP contribution in [0.4, 0.5) is 0 Å². The van der Waals surface area contributed by atoms with E-state index >= 15 is 0 Å². The minimum atomic E-state index is 0.544. The molecule has 0 radical (unpaired) electrons. The Morgan fingerprint density at radius 1 is 1.25 bits per heavy atom. The Morgan fingerprint density at radius 2 is 1.83 bits per heavy atom. The molecule has 0 bridgehead atoms. The van der Waals surface area contributed by atoms with Crippen LogP contribution in [0, 0.1) is 0 Å². The summed E-state index contributed by atoms with van der Waals surface area (Å²) in [5.74, 6) is 0. The number of rotatable bonds is 3. The predicted molar refractivity (Wildman–Crippen MR) is 56.8 cm³/mol. The third-order valence-electron chi connectivity index (χ3n) is 1.39. The lowest BCUT2D eigenvalue weighted by atomic mass is 10.2. The highest BCUT2D eigenvalue weighted by atomic mass is 35.5. The first-order chi connectivity index (χ1) is 5.56. The highest BCUT2D eigenvalue weighted by Crippen LogP contribution is 2.06. The molecule has 68 valence electrons. The summed E-state index contributed by atoms with van der Waals surface area (Å²) in [6.07, 6.45) is 4.87. The molecule has 0 aromatic rings. The quantitative estimate of drug-likeness (QED) is 0.359. The summed E-state index contributed by atoms with van der Waals surface area (Å²) in [5, 5.41) is 0.544. The van der Waals surface area contributed by atoms with E-state index in [0.29, 0.717) is 5.16 Å². The summed E-state index contributed by atoms with van der Waals surface area (Å²) in [5.41, 5.74) is 2.27. The predicted octanol–water partition coefficient (Wildman–Crippen LogP) is 3.90. The SMILES string of the molecule is CC/C(C)=C/C=C(/Cl)N=C(C)C. The largest absolute Gasteiger partial charge is 0.246 e. The molecule has 0 N–H and O–H groups in total. The van der Waals surface area contributed by atoms with E-state index in [1.165, 1.54) is 5.57 Å². The second-order valence-electron chi connectivity index (χ2n) is 2.91. The number of aliphatic imine (C=N–C) groups is 1. The van der Waals surface area contributed by atoms with E-state index in [0.717, 1.165) is 12.1 Å². The molecule has 12 heavy (non-hydrogen) atoms. The minimum Gasteiger partial charge on any atom is -0.246 e. The van der Waals surface area contributed by atoms with Crippen LogP contribution in [0.5, 0.6) is 0 Å². The number of allylic oxidation sites excluding steroid dienone is 3. The second-order valence-corrected chi connectivity index (χ2v) is 3.30. The van der Waals surface area contributed by atoms with Crippen molar-refractivity contribution in [1.29, 1.82) is 0 Å². The number of halogens is 1. The minimum absolute atomic E-state index is 0.544. The van der Waals surface area contributed by atoms with Crippen LogP contribution in [0.2, 0.25) is 0 Å². The Labute approximate surface area is 79.8 Å². The maximum atomic E-state index is 5.81. The number of hydrogen-bond acceptors (Lipinski definition) is 1. The molecule has 2 heteroatoms. The van der Waals surface area contributed by atoms with Crippen molar-refractivity contribution in [2.75, 3.05) is 0 Å². The van der Waals surface area contributed by atoms with Crippen LogP contribution in [0.1, 0.15) is 34.1 Å². The summed E-state index contributed by atoms with van der Waals surface area (Å²) >= 11 is 5.81. The van der Waals surface area contributed by atoms with Crippen molar-refractivity contribution in [2.45, 2.75) is 34.1 Å². The second kappa shape index (κ2) is 6.01. The van der Waals surface area contributed by atoms with E-state index in [-0.39, 0.29) is 0 Å². The van der Waals surface area contributed by atoms with Gasteiger partial charge in [0.15, 0.2) is 0 Å². The molecule has 0 aliphatic carbocycles. The van der Waals surface area contributed by atoms with E-state index in [9.17, 15) is 0 Å². The van der Waals surface area contributed by atoms with Crippen LogP contribution in [-0.4, -0.2) is 5.71 Å². The van der Waals surface area contributed by atoms with Crippen LogP contribution in [0.3, 0.4) is 0 Å². The zero-order valence-corrected chi connectivity index (χ0v) is 8.94. The maximum Gasteiger partial charge on any atom is 0.128 e. The van der Waals surface area contributed by atoms with Gasteiger partial charge in [-0.25, -0.2) is 4.99 Å². The third-order valence-corrected chi connectivity index (χ3v) is 1.60. The van der Waals surface area contributed by atoms with E-state index in [1.807, 2.05) is 26.0 Å². The van der Waals surface area contributed by atoms with Crippen molar-refractivity contribution >= 4 is 17.3 Å². The first-order valence-corrected chi connectivity index (χ1v) is 4.49. The van der Waals surface area contributed by atoms with Crippen LogP contribution in [0.15, 0.2) is 27.9 Å². The Hall–Kier alpha value is -0.560. The molecule has 0 fully saturated rings. The molecule has 0 aliphatic rings. The fourth-order valence-electron chi connectivity index (χ4n) is 0.580. The van der Waals surface area contributed by atoms with Crippen molar-refractivity contribution in [3.8, 4) is 0 Å². The molecular weight excluding hydrogens is 170 g/mol. The van der Waals surface area contributed by atoms with Gasteiger partial charge in [0.25, 0.3) is 0 Å². The van der Waals surface area contributed by atoms with Gasteiger partial charge in [0.1, 0.15) is 5.16 Å². The first kappa shape index (κ1) is 11.4. The fourth-order valence-corrected chi connectivity index (χ4v) is 0.812. The molecule has 0 aliphatic heterocycles. The van der Waals surface area contributed by atoms with E-state index in [4.69, 9.17) is 11.6 Å². The summed E-state index contributed by atoms with van der Waals surface area (Å²) in [4.78, 5) is 4.08. The average molecular weight is 186 g/mol. The normalized spacial score (nSPS) is 13.1. The Kier molecular flexibility index (Phi) is 5.73. The van der Waals surface area contributed by atoms with Crippen LogP contribution >= 0.6 is 11.6 Å². The molecule has 0 aromatic heterocycles. The van der Waals surface area contributed by atoms with Crippen molar-refractivity contribution in [3.05, 3.63) is 22.9 Å². The number of nitrogens with zero attached hydrogens (tertiary/aromatic N) is 1. The first-order valence-electron chi connectivity index (χ1n) is 4.11. The lowest BCUT2D eigenvalue weighted by Gasteiger charge is -1.91. The molecule has 0 aromatic carbocycles. The Balaban J connectivity index is 4.28. The van der Waals surface area contributed by atoms with Crippen LogP contribution in [-0.2, 0) is 0 Å². The van der Waals surface area contributed by atoms with E-state index < -0.39 is 0 Å². The molecular formula is C10H16ClN. The molecule has 0 rings (SSSR count). The monoisotopic (exact) mass is 185 g/mol. The standard InChI is InChI=1S/C10H16ClN/c1-5-9(4)6-7-10(11)12-8(2)3/h6-7H,5H2,1-4H3/b9-6+,10-7-. The lowest BCUT2D eigenvalue weighted by Crippen LogP contribution is -1.79. The summed E-state index contributed by atoms with van der Waals surface area (Å²) in [6, 6.07) is 0. The van der Waals surface area contributed by atoms with Gasteiger partial charge in [-0.2, -0.15) is 0 Å². The molecule has 0 amide bonds. The van der Waals surface area contributed by atoms with Crippen molar-refractivity contribution < 1.29 is 0 Å². The van der Waals surface area contributed by atoms with Crippen molar-refractivity contribution in [2.24, 2.45) is 4.99 Å². The van der Waals surface area contributed by atoms with Gasteiger partial charge >= 0.3 is 0 Å². The van der Waals surface area contributed by atoms with Crippen molar-refractivity contribution in [1.82, 2.24) is 0 Å². The molecule has 0 unspecified atom stereocenters. The zero-order valence-electron chi connectivity index (χ0n) is 8.19. The zero-order chi connectivity index (χ0) is 9.56. The Morgan fingerprint density at radius 3 is 2.25 bits per heavy atom. The molecule has 0 saturated heterocycles. The molecule has 0 saturated carbocycles. The summed E-state index contributed by atoms with van der Waals surface area (Å²) in [7, 11) is 0. The smallest absolute Gasteiger partial charge is 0.128 e. The van der Waals surface area contributed by atoms with Crippen molar-refractivity contribution in [3.63, 3.8) is 0 Å². The van der Waals surface area contributed by atoms with Gasteiger partial charge in [0, 0.05) is 5.71 Å². The van der Waals surface area contributed by atoms with Gasteiger partial charge in [-0.15, -0.1) is 0 Å².